The molecular formula is C26H25ClFN7. The van der Waals surface area contributed by atoms with Crippen LogP contribution >= 0.6 is 11.6 Å². The van der Waals surface area contributed by atoms with Gasteiger partial charge in [-0.1, -0.05) is 42.8 Å². The number of hydrogen-bond acceptors (Lipinski definition) is 6. The zero-order chi connectivity index (χ0) is 24.5. The van der Waals surface area contributed by atoms with Crippen molar-refractivity contribution in [2.75, 3.05) is 17.2 Å². The smallest absolute Gasteiger partial charge is 0.123 e. The average molecular weight is 490 g/mol. The van der Waals surface area contributed by atoms with Crippen molar-refractivity contribution in [3.05, 3.63) is 76.5 Å². The summed E-state index contributed by atoms with van der Waals surface area (Å²) in [5.74, 6) is 0.0763. The van der Waals surface area contributed by atoms with E-state index in [2.05, 4.69) is 45.8 Å². The number of rotatable bonds is 8. The second-order valence-electron chi connectivity index (χ2n) is 9.27. The maximum atomic E-state index is 13.7. The molecule has 4 aromatic rings. The quantitative estimate of drug-likeness (QED) is 0.311. The molecule has 0 radical (unpaired) electrons. The van der Waals surface area contributed by atoms with E-state index < -0.39 is 6.04 Å². The van der Waals surface area contributed by atoms with E-state index in [1.54, 1.807) is 24.4 Å². The Morgan fingerprint density at radius 1 is 1.23 bits per heavy atom. The molecule has 2 N–H and O–H groups in total. The van der Waals surface area contributed by atoms with Crippen LogP contribution in [0.1, 0.15) is 55.6 Å². The third kappa shape index (κ3) is 4.91. The minimum Gasteiger partial charge on any atom is -0.383 e. The number of benzene rings is 2. The maximum absolute atomic E-state index is 13.7. The highest BCUT2D eigenvalue weighted by Gasteiger charge is 2.27. The molecule has 1 aliphatic rings. The van der Waals surface area contributed by atoms with Crippen LogP contribution in [0.3, 0.4) is 0 Å². The van der Waals surface area contributed by atoms with Crippen LogP contribution in [-0.2, 0) is 0 Å². The first-order chi connectivity index (χ1) is 16.9. The lowest BCUT2D eigenvalue weighted by Gasteiger charge is -2.21. The Hall–Kier alpha value is -3.70. The molecule has 0 amide bonds. The molecule has 1 fully saturated rings. The lowest BCUT2D eigenvalue weighted by atomic mass is 10.0. The Kier molecular flexibility index (Phi) is 6.27. The molecule has 178 valence electrons. The van der Waals surface area contributed by atoms with Gasteiger partial charge in [0.2, 0.25) is 0 Å². The molecule has 2 heterocycles. The monoisotopic (exact) mass is 489 g/mol. The van der Waals surface area contributed by atoms with Crippen molar-refractivity contribution in [2.24, 2.45) is 5.92 Å². The number of fused-ring (bicyclic) bond motifs is 1. The first kappa shape index (κ1) is 23.1. The van der Waals surface area contributed by atoms with Gasteiger partial charge >= 0.3 is 0 Å². The van der Waals surface area contributed by atoms with Crippen molar-refractivity contribution < 1.29 is 4.39 Å². The van der Waals surface area contributed by atoms with Crippen LogP contribution < -0.4 is 10.6 Å². The molecule has 35 heavy (non-hydrogen) atoms. The summed E-state index contributed by atoms with van der Waals surface area (Å²) in [7, 11) is 0. The third-order valence-electron chi connectivity index (χ3n) is 5.99. The molecule has 0 bridgehead atoms. The highest BCUT2D eigenvalue weighted by molar-refractivity contribution is 6.32. The van der Waals surface area contributed by atoms with E-state index in [1.807, 2.05) is 16.9 Å². The van der Waals surface area contributed by atoms with Crippen LogP contribution in [-0.4, -0.2) is 26.5 Å². The molecule has 1 saturated carbocycles. The van der Waals surface area contributed by atoms with Gasteiger partial charge in [0, 0.05) is 23.2 Å². The molecule has 0 unspecified atom stereocenters. The Morgan fingerprint density at radius 3 is 2.69 bits per heavy atom. The summed E-state index contributed by atoms with van der Waals surface area (Å²) in [5.41, 5.74) is 4.04. The predicted octanol–water partition coefficient (Wildman–Crippen LogP) is 6.09. The van der Waals surface area contributed by atoms with Gasteiger partial charge in [0.15, 0.2) is 0 Å². The van der Waals surface area contributed by atoms with Gasteiger partial charge in [-0.3, -0.25) is 4.98 Å². The Bertz CT molecular complexity index is 1400. The van der Waals surface area contributed by atoms with Crippen molar-refractivity contribution in [2.45, 2.75) is 38.8 Å². The SMILES string of the molecule is CC(C)CNc1c(C#N)cnc2c(N[C@@H](c3ccc(F)cc3)c3cn(C4CC4)nn3)cc(Cl)cc12. The standard InChI is InChI=1S/C26H25ClFN7/c1-15(2)12-30-24-17(11-29)13-31-26-21(24)9-18(27)10-22(26)32-25(16-3-5-19(28)6-4-16)23-14-35(34-33-23)20-7-8-20/h3-6,9-10,13-15,20,25,32H,7-8,12H2,1-2H3,(H,30,31)/t25-/m0/s1. The van der Waals surface area contributed by atoms with E-state index in [4.69, 9.17) is 11.6 Å². The summed E-state index contributed by atoms with van der Waals surface area (Å²) in [4.78, 5) is 4.59. The summed E-state index contributed by atoms with van der Waals surface area (Å²) in [6.45, 7) is 4.90. The summed E-state index contributed by atoms with van der Waals surface area (Å²) in [5, 5.41) is 26.6. The highest BCUT2D eigenvalue weighted by atomic mass is 35.5. The van der Waals surface area contributed by atoms with Crippen LogP contribution in [0.15, 0.2) is 48.8 Å². The summed E-state index contributed by atoms with van der Waals surface area (Å²) >= 11 is 6.54. The van der Waals surface area contributed by atoms with Gasteiger partial charge in [0.25, 0.3) is 0 Å². The van der Waals surface area contributed by atoms with Crippen LogP contribution in [0.2, 0.25) is 5.02 Å². The third-order valence-corrected chi connectivity index (χ3v) is 6.21. The zero-order valence-electron chi connectivity index (χ0n) is 19.5. The van der Waals surface area contributed by atoms with Crippen molar-refractivity contribution >= 4 is 33.9 Å². The first-order valence-corrected chi connectivity index (χ1v) is 12.0. The van der Waals surface area contributed by atoms with Gasteiger partial charge in [-0.05, 0) is 48.6 Å². The van der Waals surface area contributed by atoms with Gasteiger partial charge in [0.05, 0.1) is 40.7 Å². The normalized spacial score (nSPS) is 14.2. The van der Waals surface area contributed by atoms with Crippen LogP contribution in [0.5, 0.6) is 0 Å². The number of halogens is 2. The molecule has 7 nitrogen and oxygen atoms in total. The second-order valence-corrected chi connectivity index (χ2v) is 9.70. The molecule has 1 atom stereocenters. The number of nitrogens with zero attached hydrogens (tertiary/aromatic N) is 5. The molecule has 0 spiro atoms. The van der Waals surface area contributed by atoms with Gasteiger partial charge in [-0.2, -0.15) is 5.26 Å². The molecule has 9 heteroatoms. The van der Waals surface area contributed by atoms with E-state index in [9.17, 15) is 9.65 Å². The molecule has 5 rings (SSSR count). The predicted molar refractivity (Wildman–Crippen MR) is 135 cm³/mol. The van der Waals surface area contributed by atoms with Gasteiger partial charge in [0.1, 0.15) is 17.6 Å². The minimum atomic E-state index is -0.408. The average Bonchev–Trinajstić information content (AvgIpc) is 3.58. The maximum Gasteiger partial charge on any atom is 0.123 e. The summed E-state index contributed by atoms with van der Waals surface area (Å²) in [6.07, 6.45) is 5.68. The van der Waals surface area contributed by atoms with Crippen molar-refractivity contribution in [3.63, 3.8) is 0 Å². The Morgan fingerprint density at radius 2 is 2.00 bits per heavy atom. The molecule has 0 aliphatic heterocycles. The van der Waals surface area contributed by atoms with E-state index >= 15 is 0 Å². The summed E-state index contributed by atoms with van der Waals surface area (Å²) < 4.78 is 15.6. The van der Waals surface area contributed by atoms with Gasteiger partial charge < -0.3 is 10.6 Å². The lowest BCUT2D eigenvalue weighted by Crippen LogP contribution is -2.14. The molecular weight excluding hydrogens is 465 g/mol. The number of pyridine rings is 1. The minimum absolute atomic E-state index is 0.311. The van der Waals surface area contributed by atoms with Crippen LogP contribution in [0.25, 0.3) is 10.9 Å². The van der Waals surface area contributed by atoms with Crippen LogP contribution in [0.4, 0.5) is 15.8 Å². The van der Waals surface area contributed by atoms with E-state index in [0.717, 1.165) is 23.8 Å². The fourth-order valence-electron chi connectivity index (χ4n) is 4.04. The highest BCUT2D eigenvalue weighted by Crippen LogP contribution is 2.38. The van der Waals surface area contributed by atoms with Crippen molar-refractivity contribution in [3.8, 4) is 6.07 Å². The zero-order valence-corrected chi connectivity index (χ0v) is 20.2. The number of hydrogen-bond donors (Lipinski definition) is 2. The number of anilines is 2. The molecule has 0 saturated heterocycles. The fourth-order valence-corrected chi connectivity index (χ4v) is 4.26. The fraction of sp³-hybridized carbons (Fsp3) is 0.308. The summed E-state index contributed by atoms with van der Waals surface area (Å²) in [6, 6.07) is 12.1. The van der Waals surface area contributed by atoms with Crippen molar-refractivity contribution in [1.29, 1.82) is 5.26 Å². The first-order valence-electron chi connectivity index (χ1n) is 11.6. The molecule has 1 aliphatic carbocycles. The number of aromatic nitrogens is 4. The molecule has 2 aromatic carbocycles. The van der Waals surface area contributed by atoms with E-state index in [1.165, 1.54) is 12.1 Å². The second kappa shape index (κ2) is 9.51. The van der Waals surface area contributed by atoms with E-state index in [-0.39, 0.29) is 5.82 Å². The topological polar surface area (TPSA) is 91.5 Å². The largest absolute Gasteiger partial charge is 0.383 e. The van der Waals surface area contributed by atoms with Gasteiger partial charge in [-0.15, -0.1) is 5.10 Å². The lowest BCUT2D eigenvalue weighted by molar-refractivity contribution is 0.610. The van der Waals surface area contributed by atoms with Crippen molar-refractivity contribution in [1.82, 2.24) is 20.0 Å². The Labute approximate surface area is 207 Å². The van der Waals surface area contributed by atoms with Crippen LogP contribution in [0, 0.1) is 23.1 Å². The number of nitrogens with one attached hydrogen (secondary N) is 2. The van der Waals surface area contributed by atoms with Gasteiger partial charge in [-0.25, -0.2) is 9.07 Å². The molecule has 2 aromatic heterocycles. The van der Waals surface area contributed by atoms with E-state index in [0.29, 0.717) is 51.7 Å². The Balaban J connectivity index is 1.60. The number of nitriles is 1.